The average Bonchev–Trinajstić information content (AvgIpc) is 2.90. The van der Waals surface area contributed by atoms with Gasteiger partial charge in [-0.1, -0.05) is 12.1 Å². The molecule has 0 unspecified atom stereocenters. The highest BCUT2D eigenvalue weighted by molar-refractivity contribution is 6.28. The summed E-state index contributed by atoms with van der Waals surface area (Å²) < 4.78 is 94.6. The normalized spacial score (nSPS) is 11.3. The Morgan fingerprint density at radius 3 is 1.45 bits per heavy atom. The molecule has 3 rings (SSSR count). The number of ether oxygens (including phenoxy) is 3. The minimum absolute atomic E-state index is 0.157. The number of anilines is 2. The van der Waals surface area contributed by atoms with Crippen LogP contribution >= 0.6 is 0 Å². The molecule has 2 amide bonds. The molecule has 0 fully saturated rings. The van der Waals surface area contributed by atoms with Gasteiger partial charge in [-0.05, 0) is 60.2 Å². The highest BCUT2D eigenvalue weighted by atomic mass is 19.4. The number of benzene rings is 3. The maximum absolute atomic E-state index is 13.2. The van der Waals surface area contributed by atoms with Crippen molar-refractivity contribution in [2.75, 3.05) is 32.0 Å². The molecule has 212 valence electrons. The molecule has 40 heavy (non-hydrogen) atoms. The number of hydrogen-bond acceptors (Lipinski definition) is 5. The second-order valence-electron chi connectivity index (χ2n) is 8.08. The van der Waals surface area contributed by atoms with E-state index >= 15 is 0 Å². The van der Waals surface area contributed by atoms with Crippen LogP contribution in [0, 0.1) is 0 Å². The van der Waals surface area contributed by atoms with E-state index in [4.69, 9.17) is 14.2 Å². The van der Waals surface area contributed by atoms with Gasteiger partial charge in [-0.2, -0.15) is 26.3 Å². The number of amides is 2. The first-order valence-electron chi connectivity index (χ1n) is 11.3. The maximum Gasteiger partial charge on any atom is 0.416 e. The van der Waals surface area contributed by atoms with Crippen LogP contribution in [0.15, 0.2) is 66.2 Å². The summed E-state index contributed by atoms with van der Waals surface area (Å²) in [5, 5.41) is 4.44. The van der Waals surface area contributed by atoms with Crippen LogP contribution in [0.2, 0.25) is 0 Å². The van der Waals surface area contributed by atoms with E-state index in [1.54, 1.807) is 0 Å². The molecule has 3 aromatic rings. The Morgan fingerprint density at radius 2 is 1.10 bits per heavy atom. The zero-order chi connectivity index (χ0) is 29.7. The van der Waals surface area contributed by atoms with Crippen molar-refractivity contribution in [3.8, 4) is 17.2 Å². The van der Waals surface area contributed by atoms with Gasteiger partial charge in [0.15, 0.2) is 11.5 Å². The van der Waals surface area contributed by atoms with Gasteiger partial charge in [0.25, 0.3) is 11.8 Å². The molecule has 13 heteroatoms. The quantitative estimate of drug-likeness (QED) is 0.142. The van der Waals surface area contributed by atoms with Gasteiger partial charge in [-0.15, -0.1) is 0 Å². The summed E-state index contributed by atoms with van der Waals surface area (Å²) >= 11 is 0. The van der Waals surface area contributed by atoms with E-state index in [2.05, 4.69) is 10.6 Å². The first kappa shape index (κ1) is 29.9. The van der Waals surface area contributed by atoms with Gasteiger partial charge in [0.2, 0.25) is 5.75 Å². The Morgan fingerprint density at radius 1 is 0.675 bits per heavy atom. The summed E-state index contributed by atoms with van der Waals surface area (Å²) in [6.07, 6.45) is -8.33. The number of rotatable bonds is 8. The van der Waals surface area contributed by atoms with Crippen LogP contribution in [0.1, 0.15) is 16.7 Å². The molecule has 0 atom stereocenters. The zero-order valence-electron chi connectivity index (χ0n) is 21.2. The van der Waals surface area contributed by atoms with Crippen molar-refractivity contribution >= 4 is 29.3 Å². The first-order valence-corrected chi connectivity index (χ1v) is 11.3. The Bertz CT molecular complexity index is 1330. The lowest BCUT2D eigenvalue weighted by Gasteiger charge is -2.15. The molecule has 0 aliphatic carbocycles. The minimum atomic E-state index is -4.70. The highest BCUT2D eigenvalue weighted by Gasteiger charge is 2.32. The van der Waals surface area contributed by atoms with E-state index in [-0.39, 0.29) is 34.2 Å². The van der Waals surface area contributed by atoms with Crippen LogP contribution < -0.4 is 24.8 Å². The molecular formula is C27H22F6N2O5. The lowest BCUT2D eigenvalue weighted by molar-refractivity contribution is -0.138. The van der Waals surface area contributed by atoms with Gasteiger partial charge in [-0.25, -0.2) is 0 Å². The first-order chi connectivity index (χ1) is 18.8. The van der Waals surface area contributed by atoms with E-state index in [0.717, 1.165) is 30.3 Å². The SMILES string of the molecule is COc1cc(C=C(C(=O)Nc2cccc(C(F)(F)F)c2)C(=O)Nc2cccc(C(F)(F)F)c2)cc(OC)c1OC. The number of hydrogen-bond donors (Lipinski definition) is 2. The van der Waals surface area contributed by atoms with Crippen LogP contribution in [0.3, 0.4) is 0 Å². The lowest BCUT2D eigenvalue weighted by atomic mass is 10.1. The average molecular weight is 568 g/mol. The molecular weight excluding hydrogens is 546 g/mol. The van der Waals surface area contributed by atoms with Crippen LogP contribution in [0.4, 0.5) is 37.7 Å². The van der Waals surface area contributed by atoms with Gasteiger partial charge in [0, 0.05) is 11.4 Å². The number of halogens is 6. The molecule has 0 aromatic heterocycles. The molecule has 0 spiro atoms. The van der Waals surface area contributed by atoms with Crippen molar-refractivity contribution in [1.29, 1.82) is 0 Å². The fraction of sp³-hybridized carbons (Fsp3) is 0.185. The van der Waals surface area contributed by atoms with Crippen molar-refractivity contribution in [1.82, 2.24) is 0 Å². The van der Waals surface area contributed by atoms with Crippen molar-refractivity contribution in [2.45, 2.75) is 12.4 Å². The largest absolute Gasteiger partial charge is 0.493 e. The number of carbonyl (C=O) groups is 2. The molecule has 0 aliphatic rings. The van der Waals surface area contributed by atoms with E-state index in [1.807, 2.05) is 0 Å². The Labute approximate surface area is 224 Å². The second-order valence-corrected chi connectivity index (χ2v) is 8.08. The molecule has 0 aliphatic heterocycles. The van der Waals surface area contributed by atoms with E-state index in [0.29, 0.717) is 12.1 Å². The van der Waals surface area contributed by atoms with Gasteiger partial charge in [-0.3, -0.25) is 9.59 Å². The smallest absolute Gasteiger partial charge is 0.416 e. The Balaban J connectivity index is 2.06. The monoisotopic (exact) mass is 568 g/mol. The Kier molecular flexibility index (Phi) is 8.97. The maximum atomic E-state index is 13.2. The molecule has 0 bridgehead atoms. The zero-order valence-corrected chi connectivity index (χ0v) is 21.2. The second kappa shape index (κ2) is 12.0. The van der Waals surface area contributed by atoms with E-state index in [9.17, 15) is 35.9 Å². The van der Waals surface area contributed by atoms with Crippen LogP contribution in [0.25, 0.3) is 6.08 Å². The van der Waals surface area contributed by atoms with Gasteiger partial charge < -0.3 is 24.8 Å². The third-order valence-electron chi connectivity index (χ3n) is 5.38. The van der Waals surface area contributed by atoms with Gasteiger partial charge in [0.05, 0.1) is 32.5 Å². The number of carbonyl (C=O) groups excluding carboxylic acids is 2. The predicted molar refractivity (Wildman–Crippen MR) is 134 cm³/mol. The third kappa shape index (κ3) is 7.24. The lowest BCUT2D eigenvalue weighted by Crippen LogP contribution is -2.25. The summed E-state index contributed by atoms with van der Waals surface area (Å²) in [6, 6.07) is 10.2. The fourth-order valence-electron chi connectivity index (χ4n) is 3.53. The van der Waals surface area contributed by atoms with Gasteiger partial charge in [0.1, 0.15) is 5.57 Å². The van der Waals surface area contributed by atoms with Crippen LogP contribution in [-0.4, -0.2) is 33.1 Å². The predicted octanol–water partition coefficient (Wildman–Crippen LogP) is 6.41. The molecule has 0 heterocycles. The molecule has 0 saturated heterocycles. The van der Waals surface area contributed by atoms with Gasteiger partial charge >= 0.3 is 12.4 Å². The summed E-state index contributed by atoms with van der Waals surface area (Å²) in [6.45, 7) is 0. The summed E-state index contributed by atoms with van der Waals surface area (Å²) in [5.74, 6) is -1.77. The topological polar surface area (TPSA) is 85.9 Å². The van der Waals surface area contributed by atoms with Crippen molar-refractivity contribution in [3.05, 3.63) is 82.9 Å². The fourth-order valence-corrected chi connectivity index (χ4v) is 3.53. The molecule has 2 N–H and O–H groups in total. The highest BCUT2D eigenvalue weighted by Crippen LogP contribution is 2.39. The number of alkyl halides is 6. The van der Waals surface area contributed by atoms with Crippen molar-refractivity contribution in [3.63, 3.8) is 0 Å². The van der Waals surface area contributed by atoms with Crippen LogP contribution in [-0.2, 0) is 21.9 Å². The number of methoxy groups -OCH3 is 3. The van der Waals surface area contributed by atoms with Crippen molar-refractivity contribution < 1.29 is 50.1 Å². The molecule has 0 saturated carbocycles. The third-order valence-corrected chi connectivity index (χ3v) is 5.38. The van der Waals surface area contributed by atoms with Crippen molar-refractivity contribution in [2.24, 2.45) is 0 Å². The van der Waals surface area contributed by atoms with Crippen LogP contribution in [0.5, 0.6) is 17.2 Å². The molecule has 7 nitrogen and oxygen atoms in total. The molecule has 3 aromatic carbocycles. The van der Waals surface area contributed by atoms with E-state index in [1.165, 1.54) is 45.6 Å². The summed E-state index contributed by atoms with van der Waals surface area (Å²) in [5.41, 5.74) is -3.13. The standard InChI is InChI=1S/C27H22F6N2O5/c1-38-21-11-15(12-22(39-2)23(21)40-3)10-20(24(36)34-18-8-4-6-16(13-18)26(28,29)30)25(37)35-19-9-5-7-17(14-19)27(31,32)33/h4-14H,1-3H3,(H,34,36)(H,35,37). The summed E-state index contributed by atoms with van der Waals surface area (Å²) in [4.78, 5) is 26.4. The Hall–Kier alpha value is -4.68. The number of nitrogens with one attached hydrogen (secondary N) is 2. The minimum Gasteiger partial charge on any atom is -0.493 e. The molecule has 0 radical (unpaired) electrons. The van der Waals surface area contributed by atoms with E-state index < -0.39 is 40.9 Å². The summed E-state index contributed by atoms with van der Waals surface area (Å²) in [7, 11) is 4.01.